The minimum Gasteiger partial charge on any atom is -0.481 e. The van der Waals surface area contributed by atoms with Gasteiger partial charge >= 0.3 is 0 Å². The van der Waals surface area contributed by atoms with Gasteiger partial charge in [0.05, 0.1) is 13.2 Å². The topological polar surface area (TPSA) is 78.8 Å². The molecule has 1 unspecified atom stereocenters. The largest absolute Gasteiger partial charge is 0.481 e. The van der Waals surface area contributed by atoms with Gasteiger partial charge in [-0.1, -0.05) is 0 Å². The zero-order valence-corrected chi connectivity index (χ0v) is 10.2. The quantitative estimate of drug-likeness (QED) is 0.858. The number of aromatic nitrogens is 4. The maximum atomic E-state index is 6.03. The second-order valence-electron chi connectivity index (χ2n) is 4.35. The van der Waals surface area contributed by atoms with Crippen LogP contribution in [0.2, 0.25) is 0 Å². The summed E-state index contributed by atoms with van der Waals surface area (Å²) in [4.78, 5) is 8.59. The zero-order valence-electron chi connectivity index (χ0n) is 10.2. The van der Waals surface area contributed by atoms with E-state index in [0.717, 1.165) is 30.8 Å². The number of hydrogen-bond donors (Lipinski definition) is 1. The van der Waals surface area contributed by atoms with Gasteiger partial charge in [-0.25, -0.2) is 14.6 Å². The van der Waals surface area contributed by atoms with Crippen LogP contribution in [0.15, 0.2) is 18.3 Å². The van der Waals surface area contributed by atoms with Crippen molar-refractivity contribution in [1.82, 2.24) is 19.7 Å². The number of nitrogens with two attached hydrogens (primary N) is 1. The van der Waals surface area contributed by atoms with Crippen LogP contribution in [0.3, 0.4) is 0 Å². The van der Waals surface area contributed by atoms with Crippen LogP contribution in [0.4, 0.5) is 0 Å². The molecular formula is C12H15N5O. The Labute approximate surface area is 105 Å². The first-order chi connectivity index (χ1) is 8.78. The van der Waals surface area contributed by atoms with Crippen molar-refractivity contribution in [1.29, 1.82) is 0 Å². The van der Waals surface area contributed by atoms with Crippen molar-refractivity contribution in [3.05, 3.63) is 24.2 Å². The predicted octanol–water partition coefficient (Wildman–Crippen LogP) is 1.14. The molecule has 0 saturated carbocycles. The Morgan fingerprint density at radius 3 is 3.17 bits per heavy atom. The zero-order chi connectivity index (χ0) is 12.5. The molecule has 94 valence electrons. The summed E-state index contributed by atoms with van der Waals surface area (Å²) in [5.74, 6) is 2.11. The molecule has 0 radical (unpaired) electrons. The number of nitrogens with zero attached hydrogens (tertiary/aromatic N) is 4. The Balaban J connectivity index is 2.01. The van der Waals surface area contributed by atoms with E-state index in [4.69, 9.17) is 10.5 Å². The highest BCUT2D eigenvalue weighted by Gasteiger charge is 2.21. The maximum Gasteiger partial charge on any atom is 0.213 e. The van der Waals surface area contributed by atoms with E-state index >= 15 is 0 Å². The maximum absolute atomic E-state index is 6.03. The van der Waals surface area contributed by atoms with Gasteiger partial charge in [0, 0.05) is 24.4 Å². The number of aryl methyl sites for hydroxylation is 1. The lowest BCUT2D eigenvalue weighted by molar-refractivity contribution is 0.398. The molecule has 0 bridgehead atoms. The average Bonchev–Trinajstić information content (AvgIpc) is 2.84. The van der Waals surface area contributed by atoms with Crippen molar-refractivity contribution in [2.45, 2.75) is 25.4 Å². The lowest BCUT2D eigenvalue weighted by Gasteiger charge is -2.17. The molecule has 1 aliphatic rings. The summed E-state index contributed by atoms with van der Waals surface area (Å²) in [6, 6.07) is 3.69. The number of ether oxygens (including phenoxy) is 1. The van der Waals surface area contributed by atoms with Crippen LogP contribution in [0, 0.1) is 0 Å². The monoisotopic (exact) mass is 245 g/mol. The minimum atomic E-state index is -0.0104. The lowest BCUT2D eigenvalue weighted by Crippen LogP contribution is -2.22. The summed E-state index contributed by atoms with van der Waals surface area (Å²) in [5, 5.41) is 4.49. The Morgan fingerprint density at radius 1 is 1.50 bits per heavy atom. The molecule has 0 saturated heterocycles. The molecule has 2 aromatic rings. The number of rotatable bonds is 2. The fraction of sp³-hybridized carbons (Fsp3) is 0.417. The Kier molecular flexibility index (Phi) is 2.71. The molecule has 1 atom stereocenters. The molecule has 0 aromatic carbocycles. The van der Waals surface area contributed by atoms with E-state index in [-0.39, 0.29) is 6.04 Å². The molecule has 3 rings (SSSR count). The molecule has 6 heteroatoms. The first-order valence-electron chi connectivity index (χ1n) is 5.98. The molecule has 6 nitrogen and oxygen atoms in total. The van der Waals surface area contributed by atoms with Gasteiger partial charge in [-0.3, -0.25) is 0 Å². The van der Waals surface area contributed by atoms with E-state index in [1.807, 2.05) is 16.8 Å². The molecular weight excluding hydrogens is 230 g/mol. The third-order valence-corrected chi connectivity index (χ3v) is 3.12. The molecule has 3 heterocycles. The van der Waals surface area contributed by atoms with E-state index in [1.165, 1.54) is 0 Å². The first kappa shape index (κ1) is 11.2. The van der Waals surface area contributed by atoms with Gasteiger partial charge in [-0.05, 0) is 18.9 Å². The summed E-state index contributed by atoms with van der Waals surface area (Å²) in [6.07, 6.45) is 3.71. The van der Waals surface area contributed by atoms with Crippen molar-refractivity contribution in [3.8, 4) is 17.3 Å². The van der Waals surface area contributed by atoms with Crippen LogP contribution >= 0.6 is 0 Å². The van der Waals surface area contributed by atoms with E-state index in [9.17, 15) is 0 Å². The molecule has 0 aliphatic carbocycles. The second kappa shape index (κ2) is 4.38. The normalized spacial score (nSPS) is 18.4. The van der Waals surface area contributed by atoms with Gasteiger partial charge in [0.25, 0.3) is 0 Å². The molecule has 0 fully saturated rings. The number of fused-ring (bicyclic) bond motifs is 1. The van der Waals surface area contributed by atoms with Crippen molar-refractivity contribution in [2.75, 3.05) is 7.11 Å². The lowest BCUT2D eigenvalue weighted by atomic mass is 10.1. The van der Waals surface area contributed by atoms with Gasteiger partial charge in [-0.15, -0.1) is 0 Å². The second-order valence-corrected chi connectivity index (χ2v) is 4.35. The number of pyridine rings is 1. The minimum absolute atomic E-state index is 0.0104. The molecule has 2 aromatic heterocycles. The third kappa shape index (κ3) is 1.84. The molecule has 2 N–H and O–H groups in total. The fourth-order valence-corrected chi connectivity index (χ4v) is 2.17. The third-order valence-electron chi connectivity index (χ3n) is 3.12. The van der Waals surface area contributed by atoms with Crippen LogP contribution < -0.4 is 10.5 Å². The van der Waals surface area contributed by atoms with Crippen LogP contribution in [0.1, 0.15) is 24.7 Å². The van der Waals surface area contributed by atoms with Gasteiger partial charge < -0.3 is 10.5 Å². The number of methoxy groups -OCH3 is 1. The fourth-order valence-electron chi connectivity index (χ4n) is 2.17. The highest BCUT2D eigenvalue weighted by molar-refractivity contribution is 5.55. The Bertz CT molecular complexity index is 565. The van der Waals surface area contributed by atoms with Crippen LogP contribution in [0.5, 0.6) is 5.88 Å². The van der Waals surface area contributed by atoms with Crippen LogP contribution in [-0.4, -0.2) is 26.9 Å². The van der Waals surface area contributed by atoms with Gasteiger partial charge in [0.15, 0.2) is 5.82 Å². The van der Waals surface area contributed by atoms with E-state index in [1.54, 1.807) is 13.3 Å². The van der Waals surface area contributed by atoms with Gasteiger partial charge in [0.1, 0.15) is 5.82 Å². The average molecular weight is 245 g/mol. The van der Waals surface area contributed by atoms with Gasteiger partial charge in [-0.2, -0.15) is 5.10 Å². The summed E-state index contributed by atoms with van der Waals surface area (Å²) >= 11 is 0. The Morgan fingerprint density at radius 2 is 2.39 bits per heavy atom. The smallest absolute Gasteiger partial charge is 0.213 e. The highest BCUT2D eigenvalue weighted by Crippen LogP contribution is 2.25. The highest BCUT2D eigenvalue weighted by atomic mass is 16.5. The summed E-state index contributed by atoms with van der Waals surface area (Å²) in [7, 11) is 1.59. The summed E-state index contributed by atoms with van der Waals surface area (Å²) < 4.78 is 7.00. The van der Waals surface area contributed by atoms with Crippen molar-refractivity contribution in [3.63, 3.8) is 0 Å². The molecule has 18 heavy (non-hydrogen) atoms. The molecule has 0 spiro atoms. The van der Waals surface area contributed by atoms with Crippen LogP contribution in [0.25, 0.3) is 11.4 Å². The summed E-state index contributed by atoms with van der Waals surface area (Å²) in [5.41, 5.74) is 6.93. The van der Waals surface area contributed by atoms with Crippen molar-refractivity contribution >= 4 is 0 Å². The molecule has 1 aliphatic heterocycles. The summed E-state index contributed by atoms with van der Waals surface area (Å²) in [6.45, 7) is 0.887. The standard InChI is InChI=1S/C12H15N5O/c1-18-10-7-8(4-5-14-10)11-15-12-9(13)3-2-6-17(12)16-11/h4-5,7,9H,2-3,6,13H2,1H3. The number of hydrogen-bond acceptors (Lipinski definition) is 5. The Hall–Kier alpha value is -1.95. The van der Waals surface area contributed by atoms with Crippen LogP contribution in [-0.2, 0) is 6.54 Å². The molecule has 0 amide bonds. The van der Waals surface area contributed by atoms with Crippen molar-refractivity contribution < 1.29 is 4.74 Å². The first-order valence-corrected chi connectivity index (χ1v) is 5.98. The van der Waals surface area contributed by atoms with E-state index in [2.05, 4.69) is 15.1 Å². The SMILES string of the molecule is COc1cc(-c2nc3n(n2)CCCC3N)ccn1. The predicted molar refractivity (Wildman–Crippen MR) is 66.0 cm³/mol. The van der Waals surface area contributed by atoms with E-state index in [0.29, 0.717) is 11.7 Å². The van der Waals surface area contributed by atoms with E-state index < -0.39 is 0 Å². The van der Waals surface area contributed by atoms with Crippen molar-refractivity contribution in [2.24, 2.45) is 5.73 Å². The van der Waals surface area contributed by atoms with Gasteiger partial charge in [0.2, 0.25) is 5.88 Å².